The molecule has 4 heterocycles. The van der Waals surface area contributed by atoms with E-state index in [1.165, 1.54) is 29.5 Å². The van der Waals surface area contributed by atoms with Crippen LogP contribution in [0.2, 0.25) is 0 Å². The lowest BCUT2D eigenvalue weighted by molar-refractivity contribution is 0.102. The number of aryl methyl sites for hydroxylation is 1. The standard InChI is InChI=1S/C23H18N6O3S2/c1-14-5-3-7-21(25-14)29-18(15-9-10-16-19(11-15)33-13-24-16)12-17(28-29)23(30)27-20-6-4-8-22(26-20)34(2,31)32/h3-13H,1-2H3,(H,26,27,30). The second kappa shape index (κ2) is 8.43. The first-order valence-electron chi connectivity index (χ1n) is 10.1. The van der Waals surface area contributed by atoms with Crippen molar-refractivity contribution in [2.75, 3.05) is 11.6 Å². The second-order valence-corrected chi connectivity index (χ2v) is 10.4. The van der Waals surface area contributed by atoms with Crippen molar-refractivity contribution in [3.05, 3.63) is 77.6 Å². The van der Waals surface area contributed by atoms with E-state index in [9.17, 15) is 13.2 Å². The first-order valence-corrected chi connectivity index (χ1v) is 12.9. The number of anilines is 1. The number of nitrogens with zero attached hydrogens (tertiary/aromatic N) is 5. The number of benzene rings is 1. The number of hydrogen-bond acceptors (Lipinski definition) is 8. The number of rotatable bonds is 5. The van der Waals surface area contributed by atoms with Crippen molar-refractivity contribution in [2.45, 2.75) is 11.9 Å². The van der Waals surface area contributed by atoms with Gasteiger partial charge in [0.1, 0.15) is 5.82 Å². The van der Waals surface area contributed by atoms with Crippen LogP contribution in [-0.4, -0.2) is 45.3 Å². The minimum Gasteiger partial charge on any atom is -0.305 e. The smallest absolute Gasteiger partial charge is 0.277 e. The van der Waals surface area contributed by atoms with E-state index in [0.29, 0.717) is 11.5 Å². The third-order valence-corrected chi connectivity index (χ3v) is 6.78. The number of carbonyl (C=O) groups is 1. The summed E-state index contributed by atoms with van der Waals surface area (Å²) in [6.07, 6.45) is 1.06. The van der Waals surface area contributed by atoms with Gasteiger partial charge < -0.3 is 5.32 Å². The fraction of sp³-hybridized carbons (Fsp3) is 0.0870. The first-order chi connectivity index (χ1) is 16.3. The van der Waals surface area contributed by atoms with Gasteiger partial charge in [-0.25, -0.2) is 28.1 Å². The fourth-order valence-electron chi connectivity index (χ4n) is 3.40. The van der Waals surface area contributed by atoms with Crippen LogP contribution >= 0.6 is 11.3 Å². The van der Waals surface area contributed by atoms with Gasteiger partial charge in [0.05, 0.1) is 21.4 Å². The van der Waals surface area contributed by atoms with Crippen molar-refractivity contribution in [3.63, 3.8) is 0 Å². The van der Waals surface area contributed by atoms with Crippen molar-refractivity contribution >= 4 is 43.1 Å². The highest BCUT2D eigenvalue weighted by Gasteiger charge is 2.19. The number of amides is 1. The Bertz CT molecular complexity index is 1660. The van der Waals surface area contributed by atoms with Gasteiger partial charge in [0, 0.05) is 17.5 Å². The Morgan fingerprint density at radius 2 is 1.85 bits per heavy atom. The number of pyridine rings is 2. The third kappa shape index (κ3) is 4.30. The predicted octanol–water partition coefficient (Wildman–Crippen LogP) is 3.90. The largest absolute Gasteiger partial charge is 0.305 e. The summed E-state index contributed by atoms with van der Waals surface area (Å²) in [6.45, 7) is 1.88. The molecule has 4 aromatic heterocycles. The zero-order chi connectivity index (χ0) is 23.9. The predicted molar refractivity (Wildman–Crippen MR) is 130 cm³/mol. The highest BCUT2D eigenvalue weighted by atomic mass is 32.2. The average Bonchev–Trinajstić information content (AvgIpc) is 3.45. The van der Waals surface area contributed by atoms with Crippen LogP contribution in [-0.2, 0) is 9.84 Å². The van der Waals surface area contributed by atoms with Gasteiger partial charge in [0.2, 0.25) is 0 Å². The Morgan fingerprint density at radius 1 is 1.03 bits per heavy atom. The molecule has 1 aromatic carbocycles. The van der Waals surface area contributed by atoms with Gasteiger partial charge in [-0.3, -0.25) is 4.79 Å². The lowest BCUT2D eigenvalue weighted by atomic mass is 10.1. The van der Waals surface area contributed by atoms with Gasteiger partial charge in [-0.1, -0.05) is 18.2 Å². The lowest BCUT2D eigenvalue weighted by Gasteiger charge is -2.07. The Balaban J connectivity index is 1.57. The molecule has 0 bridgehead atoms. The number of thiazole rings is 1. The van der Waals surface area contributed by atoms with Crippen molar-refractivity contribution in [1.29, 1.82) is 0 Å². The number of sulfone groups is 1. The van der Waals surface area contributed by atoms with Gasteiger partial charge in [0.15, 0.2) is 26.4 Å². The van der Waals surface area contributed by atoms with Crippen LogP contribution in [0.3, 0.4) is 0 Å². The topological polar surface area (TPSA) is 120 Å². The van der Waals surface area contributed by atoms with E-state index in [0.717, 1.165) is 27.7 Å². The Kier molecular flexibility index (Phi) is 5.42. The maximum absolute atomic E-state index is 13.0. The molecule has 34 heavy (non-hydrogen) atoms. The van der Waals surface area contributed by atoms with Crippen LogP contribution in [0.4, 0.5) is 5.82 Å². The summed E-state index contributed by atoms with van der Waals surface area (Å²) in [6, 6.07) is 17.5. The SMILES string of the molecule is Cc1cccc(-n2nc(C(=O)Nc3cccc(S(C)(=O)=O)n3)cc2-c2ccc3ncsc3c2)n1. The summed E-state index contributed by atoms with van der Waals surface area (Å²) >= 11 is 1.53. The molecule has 0 aliphatic heterocycles. The molecule has 170 valence electrons. The van der Waals surface area contributed by atoms with Crippen LogP contribution in [0.25, 0.3) is 27.3 Å². The summed E-state index contributed by atoms with van der Waals surface area (Å²) in [5, 5.41) is 7.02. The molecule has 0 radical (unpaired) electrons. The lowest BCUT2D eigenvalue weighted by Crippen LogP contribution is -2.15. The number of hydrogen-bond donors (Lipinski definition) is 1. The highest BCUT2D eigenvalue weighted by molar-refractivity contribution is 7.90. The summed E-state index contributed by atoms with van der Waals surface area (Å²) < 4.78 is 26.2. The first kappa shape index (κ1) is 21.9. The van der Waals surface area contributed by atoms with E-state index in [-0.39, 0.29) is 16.5 Å². The highest BCUT2D eigenvalue weighted by Crippen LogP contribution is 2.28. The molecule has 0 fully saturated rings. The quantitative estimate of drug-likeness (QED) is 0.397. The molecule has 1 amide bonds. The molecule has 0 unspecified atom stereocenters. The van der Waals surface area contributed by atoms with E-state index in [1.807, 2.05) is 43.3 Å². The number of carbonyl (C=O) groups excluding carboxylic acids is 1. The van der Waals surface area contributed by atoms with Gasteiger partial charge in [-0.05, 0) is 49.4 Å². The monoisotopic (exact) mass is 490 g/mol. The second-order valence-electron chi connectivity index (χ2n) is 7.59. The van der Waals surface area contributed by atoms with Crippen LogP contribution in [0.5, 0.6) is 0 Å². The van der Waals surface area contributed by atoms with Crippen LogP contribution < -0.4 is 5.32 Å². The summed E-state index contributed by atoms with van der Waals surface area (Å²) in [7, 11) is -3.51. The maximum atomic E-state index is 13.0. The molecule has 0 aliphatic carbocycles. The van der Waals surface area contributed by atoms with Crippen molar-refractivity contribution < 1.29 is 13.2 Å². The molecular weight excluding hydrogens is 472 g/mol. The van der Waals surface area contributed by atoms with E-state index < -0.39 is 15.7 Å². The minimum absolute atomic E-state index is 0.115. The zero-order valence-electron chi connectivity index (χ0n) is 18.1. The Hall–Kier alpha value is -3.96. The molecule has 0 saturated carbocycles. The van der Waals surface area contributed by atoms with Crippen LogP contribution in [0, 0.1) is 6.92 Å². The number of nitrogens with one attached hydrogen (secondary N) is 1. The molecule has 0 spiro atoms. The number of fused-ring (bicyclic) bond motifs is 1. The summed E-state index contributed by atoms with van der Waals surface area (Å²) in [5.74, 6) is 0.157. The molecule has 0 atom stereocenters. The zero-order valence-corrected chi connectivity index (χ0v) is 19.8. The van der Waals surface area contributed by atoms with Crippen LogP contribution in [0.1, 0.15) is 16.2 Å². The van der Waals surface area contributed by atoms with Crippen molar-refractivity contribution in [3.8, 4) is 17.1 Å². The molecule has 5 rings (SSSR count). The van der Waals surface area contributed by atoms with Gasteiger partial charge in [-0.15, -0.1) is 11.3 Å². The summed E-state index contributed by atoms with van der Waals surface area (Å²) in [5.41, 5.74) is 5.15. The molecule has 0 aliphatic rings. The van der Waals surface area contributed by atoms with E-state index in [2.05, 4.69) is 25.4 Å². The fourth-order valence-corrected chi connectivity index (χ4v) is 4.71. The van der Waals surface area contributed by atoms with E-state index >= 15 is 0 Å². The van der Waals surface area contributed by atoms with Crippen molar-refractivity contribution in [2.24, 2.45) is 0 Å². The van der Waals surface area contributed by atoms with Gasteiger partial charge in [-0.2, -0.15) is 5.10 Å². The van der Waals surface area contributed by atoms with Crippen LogP contribution in [0.15, 0.2) is 71.2 Å². The van der Waals surface area contributed by atoms with Gasteiger partial charge in [0.25, 0.3) is 5.91 Å². The van der Waals surface area contributed by atoms with E-state index in [4.69, 9.17) is 0 Å². The minimum atomic E-state index is -3.51. The third-order valence-electron chi connectivity index (χ3n) is 5.00. The molecule has 11 heteroatoms. The molecule has 9 nitrogen and oxygen atoms in total. The number of aromatic nitrogens is 5. The molecule has 5 aromatic rings. The van der Waals surface area contributed by atoms with Gasteiger partial charge >= 0.3 is 0 Å². The van der Waals surface area contributed by atoms with Crippen molar-refractivity contribution in [1.82, 2.24) is 24.7 Å². The molecule has 0 saturated heterocycles. The van der Waals surface area contributed by atoms with E-state index in [1.54, 1.807) is 16.3 Å². The molecule has 1 N–H and O–H groups in total. The maximum Gasteiger partial charge on any atom is 0.277 e. The average molecular weight is 491 g/mol. The molecular formula is C23H18N6O3S2. The Labute approximate surface area is 199 Å². The normalized spacial score (nSPS) is 11.6. The Morgan fingerprint density at radius 3 is 2.65 bits per heavy atom. The summed E-state index contributed by atoms with van der Waals surface area (Å²) in [4.78, 5) is 25.9.